The minimum absolute atomic E-state index is 0.458. The summed E-state index contributed by atoms with van der Waals surface area (Å²) in [6.45, 7) is 5.88. The Hall–Kier alpha value is -1.58. The summed E-state index contributed by atoms with van der Waals surface area (Å²) < 4.78 is 0. The highest BCUT2D eigenvalue weighted by Gasteiger charge is 2.11. The predicted molar refractivity (Wildman–Crippen MR) is 65.6 cm³/mol. The van der Waals surface area contributed by atoms with Crippen molar-refractivity contribution in [3.8, 4) is 0 Å². The minimum Gasteiger partial charge on any atom is -0.356 e. The van der Waals surface area contributed by atoms with Crippen LogP contribution in [-0.2, 0) is 6.42 Å². The molecule has 0 aromatic carbocycles. The van der Waals surface area contributed by atoms with Crippen molar-refractivity contribution < 1.29 is 0 Å². The number of hydrogen-bond donors (Lipinski definition) is 2. The Morgan fingerprint density at radius 2 is 2.38 bits per heavy atom. The molecule has 2 rings (SSSR count). The van der Waals surface area contributed by atoms with Gasteiger partial charge in [-0.3, -0.25) is 9.98 Å². The molecule has 0 saturated carbocycles. The van der Waals surface area contributed by atoms with Crippen molar-refractivity contribution in [1.82, 2.24) is 15.6 Å². The highest BCUT2D eigenvalue weighted by molar-refractivity contribution is 5.81. The van der Waals surface area contributed by atoms with Crippen molar-refractivity contribution in [3.63, 3.8) is 0 Å². The van der Waals surface area contributed by atoms with Crippen LogP contribution in [0.15, 0.2) is 23.2 Å². The van der Waals surface area contributed by atoms with Gasteiger partial charge in [0.25, 0.3) is 0 Å². The Morgan fingerprint density at radius 3 is 3.06 bits per heavy atom. The smallest absolute Gasteiger partial charge is 0.191 e. The third kappa shape index (κ3) is 2.95. The highest BCUT2D eigenvalue weighted by atomic mass is 15.2. The molecule has 0 radical (unpaired) electrons. The van der Waals surface area contributed by atoms with Gasteiger partial charge in [0, 0.05) is 30.4 Å². The van der Waals surface area contributed by atoms with Crippen LogP contribution in [0, 0.1) is 6.92 Å². The quantitative estimate of drug-likeness (QED) is 0.791. The molecule has 2 N–H and O–H groups in total. The Kier molecular flexibility index (Phi) is 3.39. The van der Waals surface area contributed by atoms with Crippen LogP contribution >= 0.6 is 0 Å². The van der Waals surface area contributed by atoms with Gasteiger partial charge in [-0.15, -0.1) is 0 Å². The third-order valence-electron chi connectivity index (χ3n) is 2.53. The van der Waals surface area contributed by atoms with E-state index in [-0.39, 0.29) is 0 Å². The summed E-state index contributed by atoms with van der Waals surface area (Å²) in [5.41, 5.74) is 2.20. The molecule has 1 aromatic heterocycles. The van der Waals surface area contributed by atoms with E-state index in [1.54, 1.807) is 0 Å². The number of nitrogens with one attached hydrogen (secondary N) is 2. The lowest BCUT2D eigenvalue weighted by molar-refractivity contribution is 0.711. The molecule has 4 nitrogen and oxygen atoms in total. The molecule has 1 unspecified atom stereocenters. The van der Waals surface area contributed by atoms with Crippen molar-refractivity contribution in [2.45, 2.75) is 26.3 Å². The third-order valence-corrected chi connectivity index (χ3v) is 2.53. The molecule has 1 aliphatic heterocycles. The van der Waals surface area contributed by atoms with Gasteiger partial charge in [-0.1, -0.05) is 6.07 Å². The van der Waals surface area contributed by atoms with Crippen molar-refractivity contribution in [1.29, 1.82) is 0 Å². The first-order valence-electron chi connectivity index (χ1n) is 5.71. The summed E-state index contributed by atoms with van der Waals surface area (Å²) in [6.07, 6.45) is 0.927. The minimum atomic E-state index is 0.458. The van der Waals surface area contributed by atoms with Gasteiger partial charge in [0.2, 0.25) is 0 Å². The molecule has 16 heavy (non-hydrogen) atoms. The molecule has 0 saturated heterocycles. The van der Waals surface area contributed by atoms with Crippen LogP contribution in [-0.4, -0.2) is 30.1 Å². The molecule has 0 aliphatic carbocycles. The molecule has 86 valence electrons. The molecular formula is C12H18N4. The summed E-state index contributed by atoms with van der Waals surface area (Å²) >= 11 is 0. The van der Waals surface area contributed by atoms with Gasteiger partial charge in [0.15, 0.2) is 5.96 Å². The zero-order chi connectivity index (χ0) is 11.4. The van der Waals surface area contributed by atoms with Crippen LogP contribution in [0.25, 0.3) is 0 Å². The number of rotatable bonds is 3. The second kappa shape index (κ2) is 4.96. The number of aryl methyl sites for hydroxylation is 1. The summed E-state index contributed by atoms with van der Waals surface area (Å²) in [5, 5.41) is 6.55. The number of guanidine groups is 1. The van der Waals surface area contributed by atoms with Crippen LogP contribution in [0.1, 0.15) is 18.3 Å². The van der Waals surface area contributed by atoms with E-state index >= 15 is 0 Å². The maximum Gasteiger partial charge on any atom is 0.191 e. The van der Waals surface area contributed by atoms with Gasteiger partial charge in [0.05, 0.1) is 6.54 Å². The van der Waals surface area contributed by atoms with Crippen molar-refractivity contribution >= 4 is 5.96 Å². The maximum atomic E-state index is 4.45. The zero-order valence-electron chi connectivity index (χ0n) is 9.83. The van der Waals surface area contributed by atoms with E-state index in [9.17, 15) is 0 Å². The fraction of sp³-hybridized carbons (Fsp3) is 0.500. The zero-order valence-corrected chi connectivity index (χ0v) is 9.83. The molecule has 0 amide bonds. The number of pyridine rings is 1. The van der Waals surface area contributed by atoms with Crippen LogP contribution < -0.4 is 10.6 Å². The van der Waals surface area contributed by atoms with Crippen molar-refractivity contribution in [2.75, 3.05) is 13.1 Å². The first kappa shape index (κ1) is 10.9. The van der Waals surface area contributed by atoms with Crippen LogP contribution in [0.2, 0.25) is 0 Å². The molecule has 1 aliphatic rings. The molecule has 2 heterocycles. The second-order valence-corrected chi connectivity index (χ2v) is 4.18. The Morgan fingerprint density at radius 1 is 1.50 bits per heavy atom. The monoisotopic (exact) mass is 218 g/mol. The predicted octanol–water partition coefficient (Wildman–Crippen LogP) is 0.870. The number of hydrogen-bond acceptors (Lipinski definition) is 4. The Bertz CT molecular complexity index is 386. The fourth-order valence-electron chi connectivity index (χ4n) is 1.71. The van der Waals surface area contributed by atoms with Crippen LogP contribution in [0.5, 0.6) is 0 Å². The maximum absolute atomic E-state index is 4.45. The number of aromatic nitrogens is 1. The molecular weight excluding hydrogens is 200 g/mol. The van der Waals surface area contributed by atoms with Crippen LogP contribution in [0.3, 0.4) is 0 Å². The number of aliphatic imine (C=N–C) groups is 1. The SMILES string of the molecule is Cc1cccc(CCNC2=NCC(C)N2)n1. The molecule has 0 spiro atoms. The van der Waals surface area contributed by atoms with Gasteiger partial charge in [-0.25, -0.2) is 0 Å². The lowest BCUT2D eigenvalue weighted by Gasteiger charge is -2.08. The van der Waals surface area contributed by atoms with Crippen molar-refractivity contribution in [2.24, 2.45) is 4.99 Å². The highest BCUT2D eigenvalue weighted by Crippen LogP contribution is 1.98. The molecule has 4 heteroatoms. The van der Waals surface area contributed by atoms with E-state index < -0.39 is 0 Å². The lowest BCUT2D eigenvalue weighted by atomic mass is 10.2. The lowest BCUT2D eigenvalue weighted by Crippen LogP contribution is -2.38. The summed E-state index contributed by atoms with van der Waals surface area (Å²) in [5.74, 6) is 0.917. The first-order chi connectivity index (χ1) is 7.74. The van der Waals surface area contributed by atoms with Gasteiger partial charge in [-0.2, -0.15) is 0 Å². The molecule has 0 bridgehead atoms. The van der Waals surface area contributed by atoms with Gasteiger partial charge >= 0.3 is 0 Å². The van der Waals surface area contributed by atoms with E-state index in [4.69, 9.17) is 0 Å². The molecule has 0 fully saturated rings. The van der Waals surface area contributed by atoms with E-state index in [1.165, 1.54) is 0 Å². The van der Waals surface area contributed by atoms with E-state index in [0.29, 0.717) is 6.04 Å². The summed E-state index contributed by atoms with van der Waals surface area (Å²) in [4.78, 5) is 8.79. The van der Waals surface area contributed by atoms with Gasteiger partial charge in [-0.05, 0) is 26.0 Å². The largest absolute Gasteiger partial charge is 0.356 e. The summed E-state index contributed by atoms with van der Waals surface area (Å²) in [7, 11) is 0. The second-order valence-electron chi connectivity index (χ2n) is 4.18. The number of nitrogens with zero attached hydrogens (tertiary/aromatic N) is 2. The standard InChI is InChI=1S/C12H18N4/c1-9-4-3-5-11(15-9)6-7-13-12-14-8-10(2)16-12/h3-5,10H,6-8H2,1-2H3,(H2,13,14,16). The molecule has 1 aromatic rings. The summed E-state index contributed by atoms with van der Waals surface area (Å²) in [6, 6.07) is 6.58. The average Bonchev–Trinajstić information content (AvgIpc) is 2.64. The van der Waals surface area contributed by atoms with Gasteiger partial charge in [0.1, 0.15) is 0 Å². The van der Waals surface area contributed by atoms with Crippen molar-refractivity contribution in [3.05, 3.63) is 29.6 Å². The topological polar surface area (TPSA) is 49.3 Å². The average molecular weight is 218 g/mol. The fourth-order valence-corrected chi connectivity index (χ4v) is 1.71. The van der Waals surface area contributed by atoms with Gasteiger partial charge < -0.3 is 10.6 Å². The Labute approximate surface area is 96.2 Å². The normalized spacial score (nSPS) is 19.1. The Balaban J connectivity index is 1.76. The van der Waals surface area contributed by atoms with Crippen LogP contribution in [0.4, 0.5) is 0 Å². The van der Waals surface area contributed by atoms with E-state index in [2.05, 4.69) is 33.6 Å². The van der Waals surface area contributed by atoms with E-state index in [0.717, 1.165) is 36.9 Å². The van der Waals surface area contributed by atoms with E-state index in [1.807, 2.05) is 19.1 Å². The first-order valence-corrected chi connectivity index (χ1v) is 5.71. The molecule has 1 atom stereocenters.